The second-order valence-electron chi connectivity index (χ2n) is 4.42. The van der Waals surface area contributed by atoms with Crippen molar-refractivity contribution < 1.29 is 13.2 Å². The average Bonchev–Trinajstić information content (AvgIpc) is 2.25. The first-order valence-corrected chi connectivity index (χ1v) is 5.47. The summed E-state index contributed by atoms with van der Waals surface area (Å²) in [5.41, 5.74) is 2.89. The van der Waals surface area contributed by atoms with E-state index in [1.807, 2.05) is 13.8 Å². The third-order valence-electron chi connectivity index (χ3n) is 2.76. The van der Waals surface area contributed by atoms with E-state index < -0.39 is 11.7 Å². The van der Waals surface area contributed by atoms with Crippen LogP contribution < -0.4 is 11.3 Å². The van der Waals surface area contributed by atoms with Crippen molar-refractivity contribution in [1.82, 2.24) is 5.43 Å². The zero-order valence-electron chi connectivity index (χ0n) is 9.88. The first kappa shape index (κ1) is 14.0. The Morgan fingerprint density at radius 3 is 2.06 bits per heavy atom. The Balaban J connectivity index is 2.75. The molecule has 1 rings (SSSR count). The highest BCUT2D eigenvalue weighted by Crippen LogP contribution is 2.29. The predicted octanol–water partition coefficient (Wildman–Crippen LogP) is 2.74. The van der Waals surface area contributed by atoms with Crippen LogP contribution in [-0.4, -0.2) is 6.04 Å². The Kier molecular flexibility index (Phi) is 4.54. The number of nitrogens with two attached hydrogens (primary N) is 1. The van der Waals surface area contributed by atoms with Gasteiger partial charge < -0.3 is 0 Å². The molecular weight excluding hydrogens is 229 g/mol. The molecule has 0 amide bonds. The molecule has 0 saturated carbocycles. The maximum absolute atomic E-state index is 12.3. The number of hydrogen-bond donors (Lipinski definition) is 2. The molecule has 96 valence electrons. The summed E-state index contributed by atoms with van der Waals surface area (Å²) in [6.45, 7) is 4.02. The molecular formula is C12H17F3N2. The van der Waals surface area contributed by atoms with Crippen molar-refractivity contribution in [2.24, 2.45) is 11.8 Å². The minimum absolute atomic E-state index is 0.0618. The van der Waals surface area contributed by atoms with Crippen molar-refractivity contribution in [1.29, 1.82) is 0 Å². The first-order valence-electron chi connectivity index (χ1n) is 5.47. The second-order valence-corrected chi connectivity index (χ2v) is 4.42. The molecule has 0 spiro atoms. The van der Waals surface area contributed by atoms with E-state index in [1.54, 1.807) is 0 Å². The minimum atomic E-state index is -4.28. The van der Waals surface area contributed by atoms with Gasteiger partial charge in [0.15, 0.2) is 0 Å². The third-order valence-corrected chi connectivity index (χ3v) is 2.76. The Morgan fingerprint density at radius 2 is 1.71 bits per heavy atom. The van der Waals surface area contributed by atoms with Gasteiger partial charge in [-0.05, 0) is 30.0 Å². The molecule has 17 heavy (non-hydrogen) atoms. The van der Waals surface area contributed by atoms with Crippen molar-refractivity contribution >= 4 is 0 Å². The van der Waals surface area contributed by atoms with Crippen LogP contribution >= 0.6 is 0 Å². The summed E-state index contributed by atoms with van der Waals surface area (Å²) in [5, 5.41) is 0. The quantitative estimate of drug-likeness (QED) is 0.633. The van der Waals surface area contributed by atoms with E-state index in [9.17, 15) is 13.2 Å². The largest absolute Gasteiger partial charge is 0.416 e. The number of benzene rings is 1. The van der Waals surface area contributed by atoms with Crippen LogP contribution in [0.4, 0.5) is 13.2 Å². The average molecular weight is 246 g/mol. The maximum atomic E-state index is 12.3. The van der Waals surface area contributed by atoms with E-state index >= 15 is 0 Å². The number of hydrazine groups is 1. The topological polar surface area (TPSA) is 38.0 Å². The van der Waals surface area contributed by atoms with Crippen molar-refractivity contribution in [3.05, 3.63) is 35.4 Å². The van der Waals surface area contributed by atoms with Crippen LogP contribution in [0.25, 0.3) is 0 Å². The van der Waals surface area contributed by atoms with E-state index in [0.29, 0.717) is 12.3 Å². The van der Waals surface area contributed by atoms with Crippen LogP contribution in [0.5, 0.6) is 0 Å². The van der Waals surface area contributed by atoms with Crippen LogP contribution in [0.2, 0.25) is 0 Å². The molecule has 0 heterocycles. The molecule has 1 atom stereocenters. The second kappa shape index (κ2) is 5.51. The van der Waals surface area contributed by atoms with Crippen LogP contribution in [0.1, 0.15) is 25.0 Å². The smallest absolute Gasteiger partial charge is 0.271 e. The molecule has 5 heteroatoms. The summed E-state index contributed by atoms with van der Waals surface area (Å²) in [7, 11) is 0. The lowest BCUT2D eigenvalue weighted by Gasteiger charge is -2.20. The van der Waals surface area contributed by atoms with Crippen LogP contribution in [-0.2, 0) is 12.6 Å². The minimum Gasteiger partial charge on any atom is -0.271 e. The van der Waals surface area contributed by atoms with Gasteiger partial charge in [-0.1, -0.05) is 26.0 Å². The molecule has 0 saturated heterocycles. The monoisotopic (exact) mass is 246 g/mol. The summed E-state index contributed by atoms with van der Waals surface area (Å²) < 4.78 is 37.0. The standard InChI is InChI=1S/C12H17F3N2/c1-8(2)11(17-16)7-9-3-5-10(6-4-9)12(13,14)15/h3-6,8,11,17H,7,16H2,1-2H3. The lowest BCUT2D eigenvalue weighted by Crippen LogP contribution is -2.40. The maximum Gasteiger partial charge on any atom is 0.416 e. The molecule has 0 aliphatic rings. The molecule has 0 fully saturated rings. The number of alkyl halides is 3. The predicted molar refractivity (Wildman–Crippen MR) is 61.1 cm³/mol. The molecule has 0 aliphatic carbocycles. The Bertz CT molecular complexity index is 344. The van der Waals surface area contributed by atoms with Gasteiger partial charge in [0.1, 0.15) is 0 Å². The fourth-order valence-electron chi connectivity index (χ4n) is 1.57. The summed E-state index contributed by atoms with van der Waals surface area (Å²) in [5.74, 6) is 5.71. The van der Waals surface area contributed by atoms with E-state index in [1.165, 1.54) is 12.1 Å². The lowest BCUT2D eigenvalue weighted by molar-refractivity contribution is -0.137. The van der Waals surface area contributed by atoms with Crippen LogP contribution in [0.3, 0.4) is 0 Å². The summed E-state index contributed by atoms with van der Waals surface area (Å²) in [6.07, 6.45) is -3.66. The number of nitrogens with one attached hydrogen (secondary N) is 1. The number of rotatable bonds is 4. The van der Waals surface area contributed by atoms with Crippen LogP contribution in [0.15, 0.2) is 24.3 Å². The molecule has 1 aromatic rings. The van der Waals surface area contributed by atoms with Crippen molar-refractivity contribution in [3.63, 3.8) is 0 Å². The zero-order valence-corrected chi connectivity index (χ0v) is 9.88. The summed E-state index contributed by atoms with van der Waals surface area (Å²) >= 11 is 0. The molecule has 0 aromatic heterocycles. The lowest BCUT2D eigenvalue weighted by atomic mass is 9.96. The van der Waals surface area contributed by atoms with Crippen molar-refractivity contribution in [3.8, 4) is 0 Å². The van der Waals surface area contributed by atoms with Gasteiger partial charge in [-0.15, -0.1) is 0 Å². The fraction of sp³-hybridized carbons (Fsp3) is 0.500. The van der Waals surface area contributed by atoms with E-state index in [4.69, 9.17) is 5.84 Å². The fourth-order valence-corrected chi connectivity index (χ4v) is 1.57. The Morgan fingerprint density at radius 1 is 1.18 bits per heavy atom. The third kappa shape index (κ3) is 4.02. The molecule has 1 unspecified atom stereocenters. The zero-order chi connectivity index (χ0) is 13.1. The summed E-state index contributed by atoms with van der Waals surface area (Å²) in [4.78, 5) is 0. The molecule has 1 aromatic carbocycles. The molecule has 0 radical (unpaired) electrons. The highest BCUT2D eigenvalue weighted by Gasteiger charge is 2.30. The molecule has 2 nitrogen and oxygen atoms in total. The van der Waals surface area contributed by atoms with E-state index in [2.05, 4.69) is 5.43 Å². The van der Waals surface area contributed by atoms with Crippen LogP contribution in [0, 0.1) is 5.92 Å². The van der Waals surface area contributed by atoms with Gasteiger partial charge in [-0.25, -0.2) is 0 Å². The van der Waals surface area contributed by atoms with Gasteiger partial charge in [0, 0.05) is 6.04 Å². The van der Waals surface area contributed by atoms with E-state index in [0.717, 1.165) is 17.7 Å². The number of hydrogen-bond acceptors (Lipinski definition) is 2. The highest BCUT2D eigenvalue weighted by atomic mass is 19.4. The Labute approximate surface area is 99.0 Å². The van der Waals surface area contributed by atoms with Gasteiger partial charge in [-0.3, -0.25) is 11.3 Å². The molecule has 0 aliphatic heterocycles. The summed E-state index contributed by atoms with van der Waals surface area (Å²) in [6, 6.07) is 5.25. The van der Waals surface area contributed by atoms with Crippen molar-refractivity contribution in [2.75, 3.05) is 0 Å². The molecule has 0 bridgehead atoms. The van der Waals surface area contributed by atoms with Crippen molar-refractivity contribution in [2.45, 2.75) is 32.5 Å². The van der Waals surface area contributed by atoms with Gasteiger partial charge in [0.2, 0.25) is 0 Å². The van der Waals surface area contributed by atoms with Gasteiger partial charge in [0.05, 0.1) is 5.56 Å². The number of halogens is 3. The van der Waals surface area contributed by atoms with E-state index in [-0.39, 0.29) is 6.04 Å². The highest BCUT2D eigenvalue weighted by molar-refractivity contribution is 5.25. The SMILES string of the molecule is CC(C)C(Cc1ccc(C(F)(F)F)cc1)NN. The molecule has 3 N–H and O–H groups in total. The Hall–Kier alpha value is -1.07. The first-order chi connectivity index (χ1) is 7.84. The van der Waals surface area contributed by atoms with Gasteiger partial charge >= 0.3 is 6.18 Å². The normalized spacial score (nSPS) is 14.1. The van der Waals surface area contributed by atoms with Gasteiger partial charge in [-0.2, -0.15) is 13.2 Å². The van der Waals surface area contributed by atoms with Gasteiger partial charge in [0.25, 0.3) is 0 Å².